The Balaban J connectivity index is 2.87. The van der Waals surface area contributed by atoms with Crippen molar-refractivity contribution in [2.24, 2.45) is 0 Å². The predicted octanol–water partition coefficient (Wildman–Crippen LogP) is 3.46. The van der Waals surface area contributed by atoms with Crippen molar-refractivity contribution in [1.29, 1.82) is 0 Å². The second kappa shape index (κ2) is 10.1. The smallest absolute Gasteiger partial charge is 0.186 e. The van der Waals surface area contributed by atoms with Crippen LogP contribution in [0.15, 0.2) is 0 Å². The molecule has 0 saturated heterocycles. The Labute approximate surface area is 133 Å². The van der Waals surface area contributed by atoms with Crippen LogP contribution in [-0.2, 0) is 17.7 Å². The summed E-state index contributed by atoms with van der Waals surface area (Å²) in [4.78, 5) is 8.64. The van der Waals surface area contributed by atoms with Gasteiger partial charge in [0, 0.05) is 25.1 Å². The summed E-state index contributed by atoms with van der Waals surface area (Å²) in [6.45, 7) is 12.5. The van der Waals surface area contributed by atoms with E-state index in [4.69, 9.17) is 9.72 Å². The zero-order valence-electron chi connectivity index (χ0n) is 14.2. The Morgan fingerprint density at radius 2 is 2.05 bits per heavy atom. The molecule has 5 heteroatoms. The first-order chi connectivity index (χ1) is 10.2. The molecule has 0 fully saturated rings. The zero-order valence-corrected chi connectivity index (χ0v) is 15.1. The van der Waals surface area contributed by atoms with Crippen LogP contribution in [0.1, 0.15) is 51.1 Å². The van der Waals surface area contributed by atoms with E-state index in [1.807, 2.05) is 11.3 Å². The van der Waals surface area contributed by atoms with E-state index in [1.165, 1.54) is 17.0 Å². The second-order valence-electron chi connectivity index (χ2n) is 5.38. The highest BCUT2D eigenvalue weighted by molar-refractivity contribution is 7.15. The van der Waals surface area contributed by atoms with Gasteiger partial charge in [-0.05, 0) is 33.2 Å². The first-order valence-electron chi connectivity index (χ1n) is 8.12. The van der Waals surface area contributed by atoms with Crippen molar-refractivity contribution >= 4 is 16.5 Å². The van der Waals surface area contributed by atoms with E-state index in [9.17, 15) is 0 Å². The Hall–Kier alpha value is -0.650. The van der Waals surface area contributed by atoms with Crippen LogP contribution >= 0.6 is 11.3 Å². The molecule has 1 aromatic heterocycles. The topological polar surface area (TPSA) is 37.4 Å². The van der Waals surface area contributed by atoms with E-state index < -0.39 is 0 Å². The van der Waals surface area contributed by atoms with Gasteiger partial charge >= 0.3 is 0 Å². The van der Waals surface area contributed by atoms with Gasteiger partial charge in [-0.15, -0.1) is 11.3 Å². The molecule has 0 bridgehead atoms. The third-order valence-electron chi connectivity index (χ3n) is 3.49. The number of rotatable bonds is 11. The quantitative estimate of drug-likeness (QED) is 0.635. The maximum Gasteiger partial charge on any atom is 0.186 e. The molecule has 0 aromatic carbocycles. The summed E-state index contributed by atoms with van der Waals surface area (Å²) in [6, 6.07) is 0.358. The van der Waals surface area contributed by atoms with E-state index in [1.54, 1.807) is 7.11 Å². The summed E-state index contributed by atoms with van der Waals surface area (Å²) < 4.78 is 5.29. The summed E-state index contributed by atoms with van der Waals surface area (Å²) in [6.07, 6.45) is 3.38. The van der Waals surface area contributed by atoms with Crippen LogP contribution in [0.4, 0.5) is 5.13 Å². The van der Waals surface area contributed by atoms with Crippen LogP contribution in [0, 0.1) is 0 Å². The third-order valence-corrected chi connectivity index (χ3v) is 4.63. The third kappa shape index (κ3) is 5.57. The van der Waals surface area contributed by atoms with Gasteiger partial charge in [-0.25, -0.2) is 4.98 Å². The lowest BCUT2D eigenvalue weighted by atomic mass is 10.2. The summed E-state index contributed by atoms with van der Waals surface area (Å²) in [7, 11) is 1.76. The fourth-order valence-electron chi connectivity index (χ4n) is 2.41. The van der Waals surface area contributed by atoms with E-state index in [0.717, 1.165) is 44.2 Å². The molecule has 21 heavy (non-hydrogen) atoms. The molecule has 122 valence electrons. The SMILES string of the molecule is CCCNCc1sc(N(CC)C(C)COC)nc1CCC. The maximum atomic E-state index is 5.29. The van der Waals surface area contributed by atoms with Crippen LogP contribution in [0.5, 0.6) is 0 Å². The number of hydrogen-bond acceptors (Lipinski definition) is 5. The maximum absolute atomic E-state index is 5.29. The monoisotopic (exact) mass is 313 g/mol. The average Bonchev–Trinajstić information content (AvgIpc) is 2.84. The molecule has 0 aliphatic rings. The molecule has 1 rings (SSSR count). The van der Waals surface area contributed by atoms with Crippen LogP contribution in [-0.4, -0.2) is 37.8 Å². The molecule has 0 amide bonds. The van der Waals surface area contributed by atoms with Crippen LogP contribution < -0.4 is 10.2 Å². The molecule has 1 heterocycles. The zero-order chi connectivity index (χ0) is 15.7. The first-order valence-corrected chi connectivity index (χ1v) is 8.94. The van der Waals surface area contributed by atoms with Crippen molar-refractivity contribution < 1.29 is 4.74 Å². The molecular weight excluding hydrogens is 282 g/mol. The fraction of sp³-hybridized carbons (Fsp3) is 0.812. The molecule has 0 spiro atoms. The van der Waals surface area contributed by atoms with Gasteiger partial charge < -0.3 is 15.0 Å². The highest BCUT2D eigenvalue weighted by atomic mass is 32.1. The van der Waals surface area contributed by atoms with Crippen LogP contribution in [0.25, 0.3) is 0 Å². The first kappa shape index (κ1) is 18.4. The Bertz CT molecular complexity index is 395. The lowest BCUT2D eigenvalue weighted by molar-refractivity contribution is 0.182. The Morgan fingerprint density at radius 3 is 2.62 bits per heavy atom. The lowest BCUT2D eigenvalue weighted by Gasteiger charge is -2.26. The van der Waals surface area contributed by atoms with Crippen molar-refractivity contribution in [1.82, 2.24) is 10.3 Å². The summed E-state index contributed by atoms with van der Waals surface area (Å²) in [5.74, 6) is 0. The highest BCUT2D eigenvalue weighted by Crippen LogP contribution is 2.28. The second-order valence-corrected chi connectivity index (χ2v) is 6.45. The van der Waals surface area contributed by atoms with Crippen molar-refractivity contribution in [3.8, 4) is 0 Å². The molecule has 0 saturated carbocycles. The summed E-state index contributed by atoms with van der Waals surface area (Å²) >= 11 is 1.83. The number of nitrogens with one attached hydrogen (secondary N) is 1. The van der Waals surface area contributed by atoms with E-state index in [2.05, 4.69) is 37.9 Å². The van der Waals surface area contributed by atoms with Crippen LogP contribution in [0.3, 0.4) is 0 Å². The van der Waals surface area contributed by atoms with Gasteiger partial charge in [0.25, 0.3) is 0 Å². The van der Waals surface area contributed by atoms with Gasteiger partial charge in [-0.3, -0.25) is 0 Å². The molecule has 0 aliphatic heterocycles. The fourth-order valence-corrected chi connectivity index (χ4v) is 3.65. The van der Waals surface area contributed by atoms with Gasteiger partial charge in [-0.2, -0.15) is 0 Å². The number of methoxy groups -OCH3 is 1. The normalized spacial score (nSPS) is 12.6. The summed E-state index contributed by atoms with van der Waals surface area (Å²) in [5.41, 5.74) is 1.27. The van der Waals surface area contributed by atoms with Crippen molar-refractivity contribution in [3.05, 3.63) is 10.6 Å². The molecule has 1 aromatic rings. The Kier molecular flexibility index (Phi) is 8.88. The van der Waals surface area contributed by atoms with Gasteiger partial charge in [0.05, 0.1) is 18.3 Å². The number of aromatic nitrogens is 1. The number of hydrogen-bond donors (Lipinski definition) is 1. The highest BCUT2D eigenvalue weighted by Gasteiger charge is 2.19. The molecule has 1 unspecified atom stereocenters. The minimum atomic E-state index is 0.358. The summed E-state index contributed by atoms with van der Waals surface area (Å²) in [5, 5.41) is 4.64. The molecule has 0 aliphatic carbocycles. The number of anilines is 1. The van der Waals surface area contributed by atoms with Crippen molar-refractivity contribution in [3.63, 3.8) is 0 Å². The molecule has 4 nitrogen and oxygen atoms in total. The van der Waals surface area contributed by atoms with Crippen molar-refractivity contribution in [2.75, 3.05) is 31.7 Å². The number of likely N-dealkylation sites (N-methyl/N-ethyl adjacent to an activating group) is 1. The predicted molar refractivity (Wildman–Crippen MR) is 92.5 cm³/mol. The van der Waals surface area contributed by atoms with Crippen LogP contribution in [0.2, 0.25) is 0 Å². The van der Waals surface area contributed by atoms with E-state index >= 15 is 0 Å². The minimum absolute atomic E-state index is 0.358. The molecule has 1 N–H and O–H groups in total. The molecule has 1 atom stereocenters. The lowest BCUT2D eigenvalue weighted by Crippen LogP contribution is -2.36. The van der Waals surface area contributed by atoms with E-state index in [-0.39, 0.29) is 0 Å². The number of nitrogens with zero attached hydrogens (tertiary/aromatic N) is 2. The van der Waals surface area contributed by atoms with E-state index in [0.29, 0.717) is 6.04 Å². The Morgan fingerprint density at radius 1 is 1.29 bits per heavy atom. The number of ether oxygens (including phenoxy) is 1. The number of aryl methyl sites for hydroxylation is 1. The van der Waals surface area contributed by atoms with Crippen molar-refractivity contribution in [2.45, 2.75) is 59.5 Å². The molecular formula is C16H31N3OS. The standard InChI is InChI=1S/C16H31N3OS/c1-6-9-14-15(11-17-10-7-2)21-16(18-14)19(8-3)13(4)12-20-5/h13,17H,6-12H2,1-5H3. The largest absolute Gasteiger partial charge is 0.383 e. The van der Waals surface area contributed by atoms with Gasteiger partial charge in [0.1, 0.15) is 0 Å². The van der Waals surface area contributed by atoms with Gasteiger partial charge in [-0.1, -0.05) is 20.3 Å². The average molecular weight is 314 g/mol. The van der Waals surface area contributed by atoms with Gasteiger partial charge in [0.2, 0.25) is 0 Å². The minimum Gasteiger partial charge on any atom is -0.383 e. The molecule has 0 radical (unpaired) electrons. The van der Waals surface area contributed by atoms with Gasteiger partial charge in [0.15, 0.2) is 5.13 Å². The number of thiazole rings is 1.